The van der Waals surface area contributed by atoms with Gasteiger partial charge in [-0.05, 0) is 41.9 Å². The molecule has 100 valence electrons. The van der Waals surface area contributed by atoms with Gasteiger partial charge in [0.25, 0.3) is 0 Å². The fourth-order valence-corrected chi connectivity index (χ4v) is 1.83. The summed E-state index contributed by atoms with van der Waals surface area (Å²) >= 11 is 3.06. The molecule has 0 unspecified atom stereocenters. The minimum atomic E-state index is -0.563. The van der Waals surface area contributed by atoms with Crippen molar-refractivity contribution in [2.75, 3.05) is 13.2 Å². The van der Waals surface area contributed by atoms with E-state index in [4.69, 9.17) is 20.6 Å². The van der Waals surface area contributed by atoms with Crippen LogP contribution in [0.4, 0.5) is 4.39 Å². The molecule has 0 aliphatic heterocycles. The predicted octanol–water partition coefficient (Wildman–Crippen LogP) is 2.68. The van der Waals surface area contributed by atoms with Gasteiger partial charge in [-0.3, -0.25) is 5.41 Å². The van der Waals surface area contributed by atoms with Crippen molar-refractivity contribution in [3.05, 3.63) is 28.0 Å². The van der Waals surface area contributed by atoms with Crippen LogP contribution in [0.25, 0.3) is 0 Å². The number of ether oxygens (including phenoxy) is 2. The number of nitrogens with two attached hydrogens (primary N) is 1. The second-order valence-electron chi connectivity index (χ2n) is 3.92. The van der Waals surface area contributed by atoms with E-state index in [1.165, 1.54) is 12.1 Å². The quantitative estimate of drug-likeness (QED) is 0.481. The van der Waals surface area contributed by atoms with Crippen LogP contribution in [0, 0.1) is 11.2 Å². The molecule has 0 heterocycles. The molecule has 3 N–H and O–H groups in total. The van der Waals surface area contributed by atoms with Gasteiger partial charge in [0.05, 0.1) is 17.2 Å². The Kier molecular flexibility index (Phi) is 5.55. The smallest absolute Gasteiger partial charge is 0.179 e. The summed E-state index contributed by atoms with van der Waals surface area (Å²) in [5.41, 5.74) is 5.62. The second kappa shape index (κ2) is 6.70. The SMILES string of the molecule is CC(C)OCCOc1ccc(C(=N)N)c(Br)c1F. The van der Waals surface area contributed by atoms with Gasteiger partial charge in [-0.25, -0.2) is 4.39 Å². The molecule has 0 aliphatic rings. The van der Waals surface area contributed by atoms with Crippen molar-refractivity contribution >= 4 is 21.8 Å². The number of amidine groups is 1. The van der Waals surface area contributed by atoms with Crippen LogP contribution in [-0.2, 0) is 4.74 Å². The summed E-state index contributed by atoms with van der Waals surface area (Å²) in [4.78, 5) is 0. The van der Waals surface area contributed by atoms with Crippen LogP contribution in [0.1, 0.15) is 19.4 Å². The van der Waals surface area contributed by atoms with E-state index in [0.717, 1.165) is 0 Å². The number of halogens is 2. The lowest BCUT2D eigenvalue weighted by atomic mass is 10.2. The van der Waals surface area contributed by atoms with Crippen LogP contribution >= 0.6 is 15.9 Å². The summed E-state index contributed by atoms with van der Waals surface area (Å²) in [6, 6.07) is 2.99. The van der Waals surface area contributed by atoms with Gasteiger partial charge in [-0.15, -0.1) is 0 Å². The lowest BCUT2D eigenvalue weighted by molar-refractivity contribution is 0.0544. The maximum atomic E-state index is 13.8. The Morgan fingerprint density at radius 3 is 2.67 bits per heavy atom. The van der Waals surface area contributed by atoms with Crippen molar-refractivity contribution in [1.82, 2.24) is 0 Å². The second-order valence-corrected chi connectivity index (χ2v) is 4.71. The first kappa shape index (κ1) is 14.9. The molecular weight excluding hydrogens is 303 g/mol. The van der Waals surface area contributed by atoms with Gasteiger partial charge in [0.2, 0.25) is 0 Å². The van der Waals surface area contributed by atoms with Gasteiger partial charge in [0.1, 0.15) is 12.4 Å². The highest BCUT2D eigenvalue weighted by molar-refractivity contribution is 9.10. The van der Waals surface area contributed by atoms with Crippen molar-refractivity contribution in [3.63, 3.8) is 0 Å². The molecule has 0 aromatic heterocycles. The summed E-state index contributed by atoms with van der Waals surface area (Å²) in [7, 11) is 0. The monoisotopic (exact) mass is 318 g/mol. The van der Waals surface area contributed by atoms with Crippen LogP contribution < -0.4 is 10.5 Å². The van der Waals surface area contributed by atoms with Crippen LogP contribution in [0.2, 0.25) is 0 Å². The molecule has 0 amide bonds. The summed E-state index contributed by atoms with van der Waals surface area (Å²) < 4.78 is 24.5. The molecule has 1 rings (SSSR count). The average Bonchev–Trinajstić information content (AvgIpc) is 2.29. The normalized spacial score (nSPS) is 10.7. The maximum Gasteiger partial charge on any atom is 0.179 e. The zero-order valence-corrected chi connectivity index (χ0v) is 11.9. The highest BCUT2D eigenvalue weighted by atomic mass is 79.9. The predicted molar refractivity (Wildman–Crippen MR) is 71.7 cm³/mol. The molecular formula is C12H16BrFN2O2. The molecule has 0 saturated heterocycles. The third-order valence-electron chi connectivity index (χ3n) is 2.13. The summed E-state index contributed by atoms with van der Waals surface area (Å²) in [6.45, 7) is 4.49. The Bertz CT molecular complexity index is 438. The number of rotatable bonds is 6. The zero-order chi connectivity index (χ0) is 13.7. The molecule has 0 saturated carbocycles. The molecule has 1 aromatic rings. The topological polar surface area (TPSA) is 68.3 Å². The molecule has 0 atom stereocenters. The van der Waals surface area contributed by atoms with E-state index in [-0.39, 0.29) is 28.8 Å². The van der Waals surface area contributed by atoms with Crippen molar-refractivity contribution in [3.8, 4) is 5.75 Å². The van der Waals surface area contributed by atoms with Crippen LogP contribution in [0.3, 0.4) is 0 Å². The van der Waals surface area contributed by atoms with Gasteiger partial charge >= 0.3 is 0 Å². The van der Waals surface area contributed by atoms with Crippen molar-refractivity contribution < 1.29 is 13.9 Å². The third-order valence-corrected chi connectivity index (χ3v) is 2.90. The largest absolute Gasteiger partial charge is 0.488 e. The molecule has 0 spiro atoms. The molecule has 0 radical (unpaired) electrons. The number of hydrogen-bond donors (Lipinski definition) is 2. The fraction of sp³-hybridized carbons (Fsp3) is 0.417. The lowest BCUT2D eigenvalue weighted by Crippen LogP contribution is -2.14. The Morgan fingerprint density at radius 1 is 1.44 bits per heavy atom. The van der Waals surface area contributed by atoms with Gasteiger partial charge in [0.15, 0.2) is 11.6 Å². The Labute approximate surface area is 114 Å². The maximum absolute atomic E-state index is 13.8. The number of nitrogens with one attached hydrogen (secondary N) is 1. The molecule has 4 nitrogen and oxygen atoms in total. The average molecular weight is 319 g/mol. The summed E-state index contributed by atoms with van der Waals surface area (Å²) in [6.07, 6.45) is 0.116. The van der Waals surface area contributed by atoms with Crippen molar-refractivity contribution in [2.45, 2.75) is 20.0 Å². The molecule has 0 fully saturated rings. The minimum Gasteiger partial charge on any atom is -0.488 e. The van der Waals surface area contributed by atoms with Crippen LogP contribution in [0.15, 0.2) is 16.6 Å². The standard InChI is InChI=1S/C12H16BrFN2O2/c1-7(2)17-5-6-18-9-4-3-8(12(15)16)10(13)11(9)14/h3-4,7H,5-6H2,1-2H3,(H3,15,16). The van der Waals surface area contributed by atoms with E-state index >= 15 is 0 Å². The van der Waals surface area contributed by atoms with Crippen LogP contribution in [-0.4, -0.2) is 25.2 Å². The number of hydrogen-bond acceptors (Lipinski definition) is 3. The van der Waals surface area contributed by atoms with E-state index in [2.05, 4.69) is 15.9 Å². The molecule has 6 heteroatoms. The highest BCUT2D eigenvalue weighted by Crippen LogP contribution is 2.28. The minimum absolute atomic E-state index is 0.110. The van der Waals surface area contributed by atoms with E-state index in [1.807, 2.05) is 13.8 Å². The first-order chi connectivity index (χ1) is 8.43. The summed E-state index contributed by atoms with van der Waals surface area (Å²) in [5, 5.41) is 7.28. The van der Waals surface area contributed by atoms with Gasteiger partial charge in [0, 0.05) is 5.56 Å². The van der Waals surface area contributed by atoms with Crippen LogP contribution in [0.5, 0.6) is 5.75 Å². The van der Waals surface area contributed by atoms with Gasteiger partial charge in [-0.2, -0.15) is 0 Å². The fourth-order valence-electron chi connectivity index (χ4n) is 1.29. The number of benzene rings is 1. The lowest BCUT2D eigenvalue weighted by Gasteiger charge is -2.11. The van der Waals surface area contributed by atoms with Gasteiger partial charge in [-0.1, -0.05) is 0 Å². The van der Waals surface area contributed by atoms with E-state index in [0.29, 0.717) is 12.2 Å². The highest BCUT2D eigenvalue weighted by Gasteiger charge is 2.13. The first-order valence-corrected chi connectivity index (χ1v) is 6.29. The van der Waals surface area contributed by atoms with E-state index < -0.39 is 5.82 Å². The van der Waals surface area contributed by atoms with E-state index in [9.17, 15) is 4.39 Å². The zero-order valence-electron chi connectivity index (χ0n) is 10.3. The van der Waals surface area contributed by atoms with Crippen molar-refractivity contribution in [1.29, 1.82) is 5.41 Å². The Morgan fingerprint density at radius 2 is 2.11 bits per heavy atom. The molecule has 0 bridgehead atoms. The van der Waals surface area contributed by atoms with Gasteiger partial charge < -0.3 is 15.2 Å². The van der Waals surface area contributed by atoms with E-state index in [1.54, 1.807) is 0 Å². The number of nitrogen functional groups attached to an aromatic ring is 1. The summed E-state index contributed by atoms with van der Waals surface area (Å²) in [5.74, 6) is -0.651. The molecule has 0 aliphatic carbocycles. The Hall–Kier alpha value is -1.14. The molecule has 18 heavy (non-hydrogen) atoms. The third kappa shape index (κ3) is 3.96. The Balaban J connectivity index is 2.68. The molecule has 1 aromatic carbocycles. The first-order valence-electron chi connectivity index (χ1n) is 5.50. The van der Waals surface area contributed by atoms with Crippen molar-refractivity contribution in [2.24, 2.45) is 5.73 Å².